The third kappa shape index (κ3) is 4.32. The van der Waals surface area contributed by atoms with Crippen LogP contribution in [0, 0.1) is 6.92 Å². The van der Waals surface area contributed by atoms with Gasteiger partial charge in [-0.1, -0.05) is 31.4 Å². The van der Waals surface area contributed by atoms with Crippen LogP contribution < -0.4 is 4.72 Å². The zero-order chi connectivity index (χ0) is 23.2. The summed E-state index contributed by atoms with van der Waals surface area (Å²) in [5.74, 6) is 0.0431. The van der Waals surface area contributed by atoms with Gasteiger partial charge in [0.2, 0.25) is 10.0 Å². The van der Waals surface area contributed by atoms with Gasteiger partial charge >= 0.3 is 0 Å². The summed E-state index contributed by atoms with van der Waals surface area (Å²) >= 11 is 0. The van der Waals surface area contributed by atoms with Gasteiger partial charge in [-0.15, -0.1) is 10.2 Å². The van der Waals surface area contributed by atoms with Crippen LogP contribution in [0.4, 0.5) is 0 Å². The van der Waals surface area contributed by atoms with E-state index in [1.54, 1.807) is 12.1 Å². The highest BCUT2D eigenvalue weighted by Crippen LogP contribution is 2.36. The molecule has 9 heteroatoms. The average Bonchev–Trinajstić information content (AvgIpc) is 3.17. The van der Waals surface area contributed by atoms with Gasteiger partial charge in [0.25, 0.3) is 5.91 Å². The van der Waals surface area contributed by atoms with Crippen molar-refractivity contribution in [2.75, 3.05) is 6.26 Å². The van der Waals surface area contributed by atoms with Crippen molar-refractivity contribution in [3.63, 3.8) is 0 Å². The predicted octanol–water partition coefficient (Wildman–Crippen LogP) is 4.15. The largest absolute Gasteiger partial charge is 0.319 e. The number of fused-ring (bicyclic) bond motifs is 2. The fourth-order valence-electron chi connectivity index (χ4n) is 4.61. The molecule has 170 valence electrons. The zero-order valence-electron chi connectivity index (χ0n) is 18.6. The van der Waals surface area contributed by atoms with Gasteiger partial charge in [-0.25, -0.2) is 18.1 Å². The minimum atomic E-state index is -3.66. The van der Waals surface area contributed by atoms with E-state index in [0.29, 0.717) is 17.0 Å². The second-order valence-corrected chi connectivity index (χ2v) is 10.5. The third-order valence-electron chi connectivity index (χ3n) is 6.14. The Labute approximate surface area is 192 Å². The van der Waals surface area contributed by atoms with Gasteiger partial charge in [0.05, 0.1) is 22.8 Å². The minimum Gasteiger partial charge on any atom is -0.319 e. The number of nitrogens with one attached hydrogen (secondary N) is 1. The number of carbonyl (C=O) groups excluding carboxylic acids is 1. The van der Waals surface area contributed by atoms with Crippen LogP contribution in [0.25, 0.3) is 33.5 Å². The first-order valence-corrected chi connectivity index (χ1v) is 13.0. The number of aryl methyl sites for hydroxylation is 1. The molecule has 0 bridgehead atoms. The quantitative estimate of drug-likeness (QED) is 0.487. The lowest BCUT2D eigenvalue weighted by Gasteiger charge is -2.25. The molecule has 0 saturated heterocycles. The molecule has 2 aromatic carbocycles. The number of hydrogen-bond donors (Lipinski definition) is 1. The summed E-state index contributed by atoms with van der Waals surface area (Å²) in [6.07, 6.45) is 6.59. The Balaban J connectivity index is 1.66. The van der Waals surface area contributed by atoms with Gasteiger partial charge in [0.1, 0.15) is 5.69 Å². The van der Waals surface area contributed by atoms with E-state index in [9.17, 15) is 13.2 Å². The Morgan fingerprint density at radius 2 is 1.79 bits per heavy atom. The molecule has 0 atom stereocenters. The summed E-state index contributed by atoms with van der Waals surface area (Å²) < 4.78 is 27.2. The number of rotatable bonds is 4. The predicted molar refractivity (Wildman–Crippen MR) is 127 cm³/mol. The van der Waals surface area contributed by atoms with Crippen molar-refractivity contribution in [2.24, 2.45) is 0 Å². The molecule has 0 unspecified atom stereocenters. The number of imidazole rings is 1. The Bertz CT molecular complexity index is 1490. The summed E-state index contributed by atoms with van der Waals surface area (Å²) in [5, 5.41) is 9.90. The lowest BCUT2D eigenvalue weighted by molar-refractivity contribution is 0.0982. The summed E-state index contributed by atoms with van der Waals surface area (Å²) in [7, 11) is -3.66. The number of aromatic nitrogens is 4. The van der Waals surface area contributed by atoms with Crippen molar-refractivity contribution in [3.8, 4) is 11.5 Å². The monoisotopic (exact) mass is 463 g/mol. The first-order valence-electron chi connectivity index (χ1n) is 11.1. The molecule has 2 aromatic heterocycles. The van der Waals surface area contributed by atoms with Crippen molar-refractivity contribution in [1.29, 1.82) is 0 Å². The second-order valence-electron chi connectivity index (χ2n) is 8.80. The molecule has 1 amide bonds. The highest BCUT2D eigenvalue weighted by atomic mass is 32.2. The van der Waals surface area contributed by atoms with Crippen LogP contribution in [-0.2, 0) is 10.0 Å². The number of amides is 1. The van der Waals surface area contributed by atoms with Gasteiger partial charge in [-0.2, -0.15) is 0 Å². The molecule has 0 radical (unpaired) electrons. The maximum Gasteiger partial charge on any atom is 0.264 e. The molecule has 0 aliphatic heterocycles. The molecule has 1 fully saturated rings. The van der Waals surface area contributed by atoms with Crippen LogP contribution in [0.3, 0.4) is 0 Å². The van der Waals surface area contributed by atoms with E-state index in [1.807, 2.05) is 42.0 Å². The highest BCUT2D eigenvalue weighted by Gasteiger charge is 2.24. The zero-order valence-corrected chi connectivity index (χ0v) is 19.4. The van der Waals surface area contributed by atoms with Gasteiger partial charge in [0.15, 0.2) is 5.82 Å². The lowest BCUT2D eigenvalue weighted by atomic mass is 9.95. The van der Waals surface area contributed by atoms with E-state index in [0.717, 1.165) is 53.9 Å². The fourth-order valence-corrected chi connectivity index (χ4v) is 5.07. The Hall–Kier alpha value is -3.33. The molecule has 8 nitrogen and oxygen atoms in total. The normalized spacial score (nSPS) is 15.2. The molecule has 33 heavy (non-hydrogen) atoms. The van der Waals surface area contributed by atoms with Crippen LogP contribution in [0.2, 0.25) is 0 Å². The molecule has 1 N–H and O–H groups in total. The van der Waals surface area contributed by atoms with Crippen LogP contribution >= 0.6 is 0 Å². The third-order valence-corrected chi connectivity index (χ3v) is 6.70. The topological polar surface area (TPSA) is 107 Å². The van der Waals surface area contributed by atoms with Crippen molar-refractivity contribution in [1.82, 2.24) is 24.5 Å². The molecular weight excluding hydrogens is 438 g/mol. The van der Waals surface area contributed by atoms with Gasteiger partial charge in [-0.05, 0) is 55.7 Å². The SMILES string of the molecule is Cc1ccc2cc(-c3nc4cc(C(=O)NS(C)(=O)=O)ccc4n3C3CCCCC3)nnc2c1. The molecular formula is C24H25N5O3S. The number of sulfonamides is 1. The molecule has 4 aromatic rings. The van der Waals surface area contributed by atoms with Crippen molar-refractivity contribution >= 4 is 37.9 Å². The summed E-state index contributed by atoms with van der Waals surface area (Å²) in [5.41, 5.74) is 4.40. The van der Waals surface area contributed by atoms with E-state index >= 15 is 0 Å². The maximum absolute atomic E-state index is 12.4. The molecule has 5 rings (SSSR count). The van der Waals surface area contributed by atoms with Crippen molar-refractivity contribution < 1.29 is 13.2 Å². The van der Waals surface area contributed by atoms with E-state index in [1.165, 1.54) is 6.42 Å². The van der Waals surface area contributed by atoms with Crippen molar-refractivity contribution in [2.45, 2.75) is 45.1 Å². The van der Waals surface area contributed by atoms with Crippen molar-refractivity contribution in [3.05, 3.63) is 53.6 Å². The van der Waals surface area contributed by atoms with E-state index in [-0.39, 0.29) is 11.6 Å². The smallest absolute Gasteiger partial charge is 0.264 e. The summed E-state index contributed by atoms with van der Waals surface area (Å²) in [6, 6.07) is 13.5. The summed E-state index contributed by atoms with van der Waals surface area (Å²) in [4.78, 5) is 17.2. The van der Waals surface area contributed by atoms with E-state index in [2.05, 4.69) is 14.8 Å². The number of nitrogens with zero attached hydrogens (tertiary/aromatic N) is 4. The molecule has 2 heterocycles. The highest BCUT2D eigenvalue weighted by molar-refractivity contribution is 7.89. The molecule has 1 saturated carbocycles. The first kappa shape index (κ1) is 21.5. The second kappa shape index (κ2) is 8.22. The number of benzene rings is 2. The Morgan fingerprint density at radius 1 is 1.00 bits per heavy atom. The average molecular weight is 464 g/mol. The molecule has 1 aliphatic rings. The summed E-state index contributed by atoms with van der Waals surface area (Å²) in [6.45, 7) is 2.02. The fraction of sp³-hybridized carbons (Fsp3) is 0.333. The van der Waals surface area contributed by atoms with Gasteiger partial charge < -0.3 is 4.57 Å². The minimum absolute atomic E-state index is 0.243. The number of carbonyl (C=O) groups is 1. The lowest BCUT2D eigenvalue weighted by Crippen LogP contribution is -2.29. The maximum atomic E-state index is 12.4. The molecule has 1 aliphatic carbocycles. The van der Waals surface area contributed by atoms with Gasteiger partial charge in [-0.3, -0.25) is 4.79 Å². The number of hydrogen-bond acceptors (Lipinski definition) is 6. The van der Waals surface area contributed by atoms with Crippen LogP contribution in [-0.4, -0.2) is 40.3 Å². The van der Waals surface area contributed by atoms with Crippen LogP contribution in [0.1, 0.15) is 54.1 Å². The van der Waals surface area contributed by atoms with Gasteiger partial charge in [0, 0.05) is 17.0 Å². The van der Waals surface area contributed by atoms with E-state index in [4.69, 9.17) is 4.98 Å². The standard InChI is InChI=1S/C24H25N5O3S/c1-15-8-9-16-13-21(27-26-19(16)12-15)23-25-20-14-17(24(30)28-33(2,31)32)10-11-22(20)29(23)18-6-4-3-5-7-18/h8-14,18H,3-7H2,1-2H3,(H,28,30). The Kier molecular flexibility index (Phi) is 5.36. The van der Waals surface area contributed by atoms with Crippen LogP contribution in [0.15, 0.2) is 42.5 Å². The Morgan fingerprint density at radius 3 is 2.55 bits per heavy atom. The molecule has 0 spiro atoms. The van der Waals surface area contributed by atoms with E-state index < -0.39 is 15.9 Å². The first-order chi connectivity index (χ1) is 15.8. The van der Waals surface area contributed by atoms with Crippen LogP contribution in [0.5, 0.6) is 0 Å².